The lowest BCUT2D eigenvalue weighted by atomic mass is 9.83. The van der Waals surface area contributed by atoms with Gasteiger partial charge in [-0.25, -0.2) is 0 Å². The molecule has 0 saturated carbocycles. The average Bonchev–Trinajstić information content (AvgIpc) is 3.41. The predicted molar refractivity (Wildman–Crippen MR) is 200 cm³/mol. The molecule has 7 aromatic carbocycles. The van der Waals surface area contributed by atoms with Crippen LogP contribution in [0.3, 0.4) is 0 Å². The van der Waals surface area contributed by atoms with Crippen LogP contribution in [0.25, 0.3) is 66.1 Å². The molecule has 0 radical (unpaired) electrons. The molecule has 0 fully saturated rings. The lowest BCUT2D eigenvalue weighted by Gasteiger charge is -2.23. The minimum Gasteiger partial charge on any atom is -0.0622 e. The first-order chi connectivity index (χ1) is 21.4. The van der Waals surface area contributed by atoms with Crippen molar-refractivity contribution in [1.29, 1.82) is 0 Å². The second-order valence-corrected chi connectivity index (χ2v) is 18.5. The Balaban J connectivity index is 1.52. The summed E-state index contributed by atoms with van der Waals surface area (Å²) in [5, 5.41) is 4.98. The first-order valence-electron chi connectivity index (χ1n) is 14.5. The number of halogens is 4. The molecule has 2 aliphatic carbocycles. The minimum absolute atomic E-state index is 0.460. The van der Waals surface area contributed by atoms with Crippen LogP contribution in [0.4, 0.5) is 0 Å². The number of hydrogen-bond acceptors (Lipinski definition) is 0. The van der Waals surface area contributed by atoms with Gasteiger partial charge in [-0.15, -0.1) is 0 Å². The van der Waals surface area contributed by atoms with Crippen LogP contribution < -0.4 is 0 Å². The van der Waals surface area contributed by atoms with E-state index in [-0.39, 0.29) is 0 Å². The van der Waals surface area contributed by atoms with Crippen LogP contribution in [0.15, 0.2) is 133 Å². The number of benzene rings is 7. The highest BCUT2D eigenvalue weighted by Gasteiger charge is 2.41. The number of hydrogen-bond donors (Lipinski definition) is 0. The van der Waals surface area contributed by atoms with E-state index in [2.05, 4.69) is 197 Å². The quantitative estimate of drug-likeness (QED) is 0.120. The van der Waals surface area contributed by atoms with Crippen molar-refractivity contribution in [3.8, 4) is 44.5 Å². The van der Waals surface area contributed by atoms with Gasteiger partial charge in [0.2, 0.25) is 0 Å². The van der Waals surface area contributed by atoms with Gasteiger partial charge in [-0.3, -0.25) is 0 Å². The molecule has 0 spiro atoms. The van der Waals surface area contributed by atoms with Crippen LogP contribution in [0.2, 0.25) is 0 Å². The summed E-state index contributed by atoms with van der Waals surface area (Å²) < 4.78 is -0.920. The maximum atomic E-state index is 4.10. The van der Waals surface area contributed by atoms with E-state index in [1.165, 1.54) is 88.3 Å². The van der Waals surface area contributed by atoms with Crippen molar-refractivity contribution in [3.63, 3.8) is 0 Å². The van der Waals surface area contributed by atoms with Crippen molar-refractivity contribution < 1.29 is 0 Å². The molecular weight excluding hydrogens is 800 g/mol. The third-order valence-electron chi connectivity index (χ3n) is 9.31. The van der Waals surface area contributed by atoms with Crippen LogP contribution in [0.1, 0.15) is 22.3 Å². The fourth-order valence-electron chi connectivity index (χ4n) is 7.39. The van der Waals surface area contributed by atoms with E-state index in [1.807, 2.05) is 0 Å². The molecule has 0 unspecified atom stereocenters. The molecule has 9 rings (SSSR count). The van der Waals surface area contributed by atoms with Crippen molar-refractivity contribution in [1.82, 2.24) is 0 Å². The Bertz CT molecular complexity index is 2150. The van der Waals surface area contributed by atoms with Gasteiger partial charge in [-0.1, -0.05) is 173 Å². The topological polar surface area (TPSA) is 0 Å². The Morgan fingerprint density at radius 1 is 0.318 bits per heavy atom. The first kappa shape index (κ1) is 27.3. The van der Waals surface area contributed by atoms with Crippen molar-refractivity contribution in [2.45, 2.75) is 6.47 Å². The molecule has 0 heterocycles. The Hall–Kier alpha value is -3.02. The Morgan fingerprint density at radius 3 is 1.07 bits per heavy atom. The van der Waals surface area contributed by atoms with E-state index in [0.29, 0.717) is 0 Å². The van der Waals surface area contributed by atoms with Gasteiger partial charge in [-0.05, 0) is 113 Å². The predicted octanol–water partition coefficient (Wildman–Crippen LogP) is 13.3. The summed E-state index contributed by atoms with van der Waals surface area (Å²) in [6.45, 7) is 0. The maximum Gasteiger partial charge on any atom is 0.131 e. The molecular formula is C40H22Br4. The van der Waals surface area contributed by atoms with Gasteiger partial charge in [0.1, 0.15) is 6.47 Å². The molecule has 2 aliphatic rings. The van der Waals surface area contributed by atoms with Gasteiger partial charge in [0.15, 0.2) is 0 Å². The highest BCUT2D eigenvalue weighted by Crippen LogP contribution is 2.61. The summed E-state index contributed by atoms with van der Waals surface area (Å²) in [7, 11) is 0. The Morgan fingerprint density at radius 2 is 0.659 bits per heavy atom. The molecule has 0 amide bonds. The molecule has 0 saturated heterocycles. The molecule has 0 atom stereocenters. The molecule has 0 bridgehead atoms. The zero-order valence-electron chi connectivity index (χ0n) is 23.2. The van der Waals surface area contributed by atoms with E-state index in [9.17, 15) is 0 Å². The number of rotatable bonds is 2. The van der Waals surface area contributed by atoms with Crippen molar-refractivity contribution in [2.75, 3.05) is 0 Å². The van der Waals surface area contributed by atoms with Crippen molar-refractivity contribution in [2.24, 2.45) is 0 Å². The van der Waals surface area contributed by atoms with E-state index in [4.69, 9.17) is 0 Å². The second-order valence-electron chi connectivity index (χ2n) is 11.6. The van der Waals surface area contributed by atoms with Crippen molar-refractivity contribution >= 4 is 85.3 Å². The lowest BCUT2D eigenvalue weighted by molar-refractivity contribution is 1.18. The fourth-order valence-corrected chi connectivity index (χ4v) is 10.1. The van der Waals surface area contributed by atoms with Crippen LogP contribution in [-0.2, 0) is 6.47 Å². The van der Waals surface area contributed by atoms with Crippen LogP contribution in [0.5, 0.6) is 0 Å². The Kier molecular flexibility index (Phi) is 6.04. The summed E-state index contributed by atoms with van der Waals surface area (Å²) in [5.74, 6) is 0. The van der Waals surface area contributed by atoms with E-state index < -0.39 is 6.47 Å². The van der Waals surface area contributed by atoms with Gasteiger partial charge >= 0.3 is 0 Å². The van der Waals surface area contributed by atoms with Gasteiger partial charge < -0.3 is 0 Å². The SMILES string of the molecule is BrC1(Br)c2ccccc2-c2cc3c(-c4ccccc4)c4cc5c(cc4c(-c4ccccc4)c3cc21)-c1ccccc1C5(Br)Br. The summed E-state index contributed by atoms with van der Waals surface area (Å²) in [4.78, 5) is 0. The summed E-state index contributed by atoms with van der Waals surface area (Å²) in [6.07, 6.45) is 0. The smallest absolute Gasteiger partial charge is 0.0622 e. The first-order valence-corrected chi connectivity index (χ1v) is 17.7. The molecule has 210 valence electrons. The van der Waals surface area contributed by atoms with Crippen LogP contribution in [-0.4, -0.2) is 0 Å². The maximum absolute atomic E-state index is 4.10. The molecule has 44 heavy (non-hydrogen) atoms. The summed E-state index contributed by atoms with van der Waals surface area (Å²) in [6, 6.07) is 48.8. The van der Waals surface area contributed by atoms with Crippen molar-refractivity contribution in [3.05, 3.63) is 156 Å². The fraction of sp³-hybridized carbons (Fsp3) is 0.0500. The third-order valence-corrected chi connectivity index (χ3v) is 12.7. The number of fused-ring (bicyclic) bond motifs is 8. The average molecular weight is 822 g/mol. The highest BCUT2D eigenvalue weighted by atomic mass is 79.9. The van der Waals surface area contributed by atoms with E-state index in [1.54, 1.807) is 0 Å². The summed E-state index contributed by atoms with van der Waals surface area (Å²) in [5.41, 5.74) is 14.9. The highest BCUT2D eigenvalue weighted by molar-refractivity contribution is 9.25. The second kappa shape index (κ2) is 9.74. The molecule has 0 N–H and O–H groups in total. The van der Waals surface area contributed by atoms with Crippen LogP contribution in [0, 0.1) is 0 Å². The molecule has 0 aromatic heterocycles. The van der Waals surface area contributed by atoms with Gasteiger partial charge in [0.25, 0.3) is 0 Å². The van der Waals surface area contributed by atoms with Crippen LogP contribution >= 0.6 is 63.7 Å². The van der Waals surface area contributed by atoms with Gasteiger partial charge in [0, 0.05) is 0 Å². The zero-order valence-corrected chi connectivity index (χ0v) is 29.6. The van der Waals surface area contributed by atoms with E-state index >= 15 is 0 Å². The molecule has 7 aromatic rings. The third kappa shape index (κ3) is 3.72. The molecule has 4 heteroatoms. The van der Waals surface area contributed by atoms with Gasteiger partial charge in [0.05, 0.1) is 0 Å². The monoisotopic (exact) mass is 818 g/mol. The number of alkyl halides is 4. The summed E-state index contributed by atoms with van der Waals surface area (Å²) >= 11 is 16.4. The van der Waals surface area contributed by atoms with E-state index in [0.717, 1.165) is 0 Å². The molecule has 0 nitrogen and oxygen atoms in total. The zero-order chi connectivity index (χ0) is 29.8. The standard InChI is InChI=1S/C40H22Br4/c41-39(42)34-18-10-8-16-26(34)28-20-30-31(21-35(28)39)37(23-11-3-1-4-12-23)29-19-27-25-15-7-9-17-33(25)40(43,44)36(27)22-32(29)38(30)24-13-5-2-6-14-24/h1-22H. The molecule has 0 aliphatic heterocycles. The largest absolute Gasteiger partial charge is 0.131 e. The lowest BCUT2D eigenvalue weighted by Crippen LogP contribution is -2.07. The normalized spacial score (nSPS) is 15.2. The van der Waals surface area contributed by atoms with Gasteiger partial charge in [-0.2, -0.15) is 0 Å². The Labute approximate surface area is 289 Å². The minimum atomic E-state index is -0.460.